The van der Waals surface area contributed by atoms with E-state index in [1.54, 1.807) is 0 Å². The Kier molecular flexibility index (Phi) is 10.5. The molecule has 2 heterocycles. The van der Waals surface area contributed by atoms with Crippen LogP contribution in [0, 0.1) is 5.92 Å². The van der Waals surface area contributed by atoms with Gasteiger partial charge in [0.05, 0.1) is 18.8 Å². The Morgan fingerprint density at radius 3 is 2.29 bits per heavy atom. The van der Waals surface area contributed by atoms with Gasteiger partial charge in [0.1, 0.15) is 0 Å². The summed E-state index contributed by atoms with van der Waals surface area (Å²) in [7, 11) is 0. The molecule has 0 radical (unpaired) electrons. The van der Waals surface area contributed by atoms with E-state index in [9.17, 15) is 9.90 Å². The summed E-state index contributed by atoms with van der Waals surface area (Å²) in [6.45, 7) is 5.52. The molecule has 2 saturated heterocycles. The number of hydrogen-bond donors (Lipinski definition) is 2. The number of nitrogens with one attached hydrogen (secondary N) is 1. The number of ether oxygens (including phenoxy) is 2. The predicted octanol–water partition coefficient (Wildman–Crippen LogP) is 7.11. The van der Waals surface area contributed by atoms with Crippen LogP contribution in [0.25, 0.3) is 11.1 Å². The van der Waals surface area contributed by atoms with Gasteiger partial charge in [0.25, 0.3) is 9.70 Å². The van der Waals surface area contributed by atoms with Crippen LogP contribution < -0.4 is 5.32 Å². The third kappa shape index (κ3) is 7.86. The maximum Gasteiger partial charge on any atom is 0.272 e. The van der Waals surface area contributed by atoms with Gasteiger partial charge in [-0.3, -0.25) is 4.79 Å². The highest BCUT2D eigenvalue weighted by molar-refractivity contribution is 6.76. The van der Waals surface area contributed by atoms with Crippen molar-refractivity contribution in [3.05, 3.63) is 95.1 Å². The van der Waals surface area contributed by atoms with E-state index in [-0.39, 0.29) is 31.3 Å². The number of likely N-dealkylation sites (tertiary alicyclic amines) is 1. The molecule has 2 fully saturated rings. The van der Waals surface area contributed by atoms with Gasteiger partial charge in [0.2, 0.25) is 0 Å². The summed E-state index contributed by atoms with van der Waals surface area (Å²) in [5.74, 6) is -0.522. The van der Waals surface area contributed by atoms with Crippen LogP contribution in [-0.4, -0.2) is 45.4 Å². The van der Waals surface area contributed by atoms with Crippen LogP contribution in [0.2, 0.25) is 0 Å². The molecule has 2 aliphatic heterocycles. The maximum atomic E-state index is 12.0. The second-order valence-electron chi connectivity index (χ2n) is 11.2. The fourth-order valence-corrected chi connectivity index (χ4v) is 5.93. The Balaban J connectivity index is 1.38. The van der Waals surface area contributed by atoms with Crippen molar-refractivity contribution in [3.8, 4) is 11.1 Å². The third-order valence-electron chi connectivity index (χ3n) is 8.14. The van der Waals surface area contributed by atoms with Crippen molar-refractivity contribution in [2.75, 3.05) is 19.6 Å². The number of aliphatic hydroxyl groups excluding tert-OH is 1. The molecular weight excluding hydrogens is 595 g/mol. The van der Waals surface area contributed by atoms with Crippen LogP contribution in [0.4, 0.5) is 0 Å². The van der Waals surface area contributed by atoms with E-state index in [1.807, 2.05) is 54.6 Å². The van der Waals surface area contributed by atoms with E-state index < -0.39 is 16.0 Å². The molecule has 2 N–H and O–H groups in total. The molecule has 3 aromatic rings. The lowest BCUT2D eigenvalue weighted by molar-refractivity contribution is -0.276. The number of carbonyl (C=O) groups is 1. The molecule has 0 spiro atoms. The van der Waals surface area contributed by atoms with E-state index in [2.05, 4.69) is 35.3 Å². The number of carbonyl (C=O) groups excluding carboxylic acids is 1. The first kappa shape index (κ1) is 31.3. The lowest BCUT2D eigenvalue weighted by Crippen LogP contribution is -2.45. The molecule has 9 heteroatoms. The zero-order valence-corrected chi connectivity index (χ0v) is 25.9. The number of benzene rings is 3. The summed E-state index contributed by atoms with van der Waals surface area (Å²) in [5, 5.41) is 12.2. The second-order valence-corrected chi connectivity index (χ2v) is 13.5. The van der Waals surface area contributed by atoms with E-state index in [1.165, 1.54) is 19.3 Å². The summed E-state index contributed by atoms with van der Waals surface area (Å²) in [4.78, 5) is 14.5. The minimum absolute atomic E-state index is 0.00196. The first-order valence-electron chi connectivity index (χ1n) is 14.5. The van der Waals surface area contributed by atoms with Gasteiger partial charge >= 0.3 is 0 Å². The lowest BCUT2D eigenvalue weighted by Gasteiger charge is -2.43. The topological polar surface area (TPSA) is 71.0 Å². The van der Waals surface area contributed by atoms with E-state index in [0.717, 1.165) is 53.0 Å². The van der Waals surface area contributed by atoms with Crippen LogP contribution in [0.15, 0.2) is 72.8 Å². The number of rotatable bonds is 8. The Morgan fingerprint density at radius 2 is 1.60 bits per heavy atom. The van der Waals surface area contributed by atoms with Gasteiger partial charge < -0.3 is 24.8 Å². The van der Waals surface area contributed by atoms with Crippen LogP contribution in [0.5, 0.6) is 0 Å². The normalized spacial score (nSPS) is 23.5. The molecule has 4 atom stereocenters. The number of aliphatic hydroxyl groups is 1. The third-order valence-corrected chi connectivity index (χ3v) is 8.65. The highest BCUT2D eigenvalue weighted by Gasteiger charge is 2.39. The molecule has 1 amide bonds. The number of hydrogen-bond acceptors (Lipinski definition) is 5. The van der Waals surface area contributed by atoms with Gasteiger partial charge in [0, 0.05) is 24.6 Å². The highest BCUT2D eigenvalue weighted by Crippen LogP contribution is 2.42. The van der Waals surface area contributed by atoms with Crippen molar-refractivity contribution in [2.45, 2.75) is 61.6 Å². The second kappa shape index (κ2) is 14.1. The quantitative estimate of drug-likeness (QED) is 0.259. The van der Waals surface area contributed by atoms with Crippen molar-refractivity contribution >= 4 is 40.7 Å². The molecule has 0 bridgehead atoms. The lowest BCUT2D eigenvalue weighted by atomic mass is 9.89. The summed E-state index contributed by atoms with van der Waals surface area (Å²) < 4.78 is 11.4. The standard InChI is InChI=1S/C33H37Cl3N2O4/c1-22-29(20-38-15-3-2-4-16-38)41-31(42-30(22)25-13-11-23(21-39)12-14-25)28-10-6-9-27(18-28)26-8-5-7-24(17-26)19-37-32(40)33(34,35)36/h5-14,17-18,22,29-31,39H,2-4,15-16,19-21H2,1H3,(H,37,40)/t22-,29+,30+,31+/m0/s1. The molecule has 3 aromatic carbocycles. The average molecular weight is 632 g/mol. The molecule has 6 nitrogen and oxygen atoms in total. The van der Waals surface area contributed by atoms with Crippen LogP contribution >= 0.6 is 34.8 Å². The number of piperidine rings is 1. The van der Waals surface area contributed by atoms with Crippen LogP contribution in [-0.2, 0) is 27.4 Å². The number of amides is 1. The smallest absolute Gasteiger partial charge is 0.272 e. The molecule has 0 saturated carbocycles. The van der Waals surface area contributed by atoms with Crippen molar-refractivity contribution < 1.29 is 19.4 Å². The van der Waals surface area contributed by atoms with Gasteiger partial charge in [-0.15, -0.1) is 0 Å². The molecule has 0 aliphatic carbocycles. The minimum Gasteiger partial charge on any atom is -0.392 e. The number of halogens is 3. The minimum atomic E-state index is -2.01. The summed E-state index contributed by atoms with van der Waals surface area (Å²) in [6.07, 6.45) is 3.05. The zero-order valence-electron chi connectivity index (χ0n) is 23.6. The zero-order chi connectivity index (χ0) is 29.7. The Morgan fingerprint density at radius 1 is 0.905 bits per heavy atom. The first-order valence-corrected chi connectivity index (χ1v) is 15.6. The van der Waals surface area contributed by atoms with Crippen molar-refractivity contribution in [3.63, 3.8) is 0 Å². The van der Waals surface area contributed by atoms with E-state index >= 15 is 0 Å². The average Bonchev–Trinajstić information content (AvgIpc) is 3.01. The first-order chi connectivity index (χ1) is 20.2. The molecule has 5 rings (SSSR count). The van der Waals surface area contributed by atoms with Gasteiger partial charge in [0.15, 0.2) is 6.29 Å². The fraction of sp³-hybridized carbons (Fsp3) is 0.424. The largest absolute Gasteiger partial charge is 0.392 e. The predicted molar refractivity (Wildman–Crippen MR) is 167 cm³/mol. The van der Waals surface area contributed by atoms with Gasteiger partial charge in [-0.05, 0) is 65.9 Å². The summed E-state index contributed by atoms with van der Waals surface area (Å²) >= 11 is 17.1. The fourth-order valence-electron chi connectivity index (χ4n) is 5.73. The highest BCUT2D eigenvalue weighted by atomic mass is 35.6. The Bertz CT molecular complexity index is 1340. The van der Waals surface area contributed by atoms with Gasteiger partial charge in [-0.2, -0.15) is 0 Å². The van der Waals surface area contributed by atoms with Crippen molar-refractivity contribution in [1.29, 1.82) is 0 Å². The van der Waals surface area contributed by atoms with Crippen molar-refractivity contribution in [1.82, 2.24) is 10.2 Å². The van der Waals surface area contributed by atoms with Crippen molar-refractivity contribution in [2.24, 2.45) is 5.92 Å². The van der Waals surface area contributed by atoms with E-state index in [0.29, 0.717) is 0 Å². The summed E-state index contributed by atoms with van der Waals surface area (Å²) in [6, 6.07) is 24.1. The van der Waals surface area contributed by atoms with Gasteiger partial charge in [-0.25, -0.2) is 0 Å². The Hall–Kier alpha value is -2.16. The molecule has 224 valence electrons. The Labute approximate surface area is 262 Å². The van der Waals surface area contributed by atoms with Crippen LogP contribution in [0.3, 0.4) is 0 Å². The monoisotopic (exact) mass is 630 g/mol. The van der Waals surface area contributed by atoms with Crippen LogP contribution in [0.1, 0.15) is 60.8 Å². The molecule has 2 aliphatic rings. The summed E-state index contributed by atoms with van der Waals surface area (Å²) in [5.41, 5.74) is 5.77. The SMILES string of the molecule is C[C@H]1[C@@H](CN2CCCCC2)O[C@@H](c2cccc(-c3cccc(CNC(=O)C(Cl)(Cl)Cl)c3)c2)O[C@H]1c1ccc(CO)cc1. The number of alkyl halides is 3. The number of nitrogens with zero attached hydrogens (tertiary/aromatic N) is 1. The molecule has 0 aromatic heterocycles. The maximum absolute atomic E-state index is 12.0. The van der Waals surface area contributed by atoms with Gasteiger partial charge in [-0.1, -0.05) is 109 Å². The molecule has 42 heavy (non-hydrogen) atoms. The van der Waals surface area contributed by atoms with E-state index in [4.69, 9.17) is 44.3 Å². The molecular formula is C33H37Cl3N2O4. The molecule has 0 unspecified atom stereocenters.